The second kappa shape index (κ2) is 8.16. The number of rotatable bonds is 7. The van der Waals surface area contributed by atoms with Gasteiger partial charge in [0.2, 0.25) is 0 Å². The molecular formula is C21H21NO2. The van der Waals surface area contributed by atoms with Crippen LogP contribution in [0.15, 0.2) is 72.8 Å². The van der Waals surface area contributed by atoms with E-state index in [-0.39, 0.29) is 5.91 Å². The molecule has 0 aliphatic heterocycles. The Morgan fingerprint density at radius 2 is 1.58 bits per heavy atom. The van der Waals surface area contributed by atoms with Crippen molar-refractivity contribution in [2.75, 3.05) is 13.2 Å². The van der Waals surface area contributed by atoms with E-state index in [1.165, 1.54) is 0 Å². The number of ether oxygens (including phenoxy) is 1. The van der Waals surface area contributed by atoms with Gasteiger partial charge < -0.3 is 10.1 Å². The number of unbranched alkanes of at least 4 members (excludes halogenated alkanes) is 1. The maximum Gasteiger partial charge on any atom is 0.251 e. The van der Waals surface area contributed by atoms with Crippen LogP contribution in [0.5, 0.6) is 5.75 Å². The molecule has 1 N–H and O–H groups in total. The van der Waals surface area contributed by atoms with Gasteiger partial charge in [-0.05, 0) is 41.8 Å². The van der Waals surface area contributed by atoms with E-state index in [9.17, 15) is 4.79 Å². The number of carbonyl (C=O) groups is 1. The Hall–Kier alpha value is -2.81. The SMILES string of the molecule is O=C(NCCCCOc1ccccc1)c1cccc2ccccc12. The van der Waals surface area contributed by atoms with Crippen molar-refractivity contribution in [2.24, 2.45) is 0 Å². The summed E-state index contributed by atoms with van der Waals surface area (Å²) in [5, 5.41) is 5.07. The first kappa shape index (κ1) is 16.1. The van der Waals surface area contributed by atoms with Crippen LogP contribution in [0.2, 0.25) is 0 Å². The molecule has 3 rings (SSSR count). The smallest absolute Gasteiger partial charge is 0.251 e. The number of hydrogen-bond donors (Lipinski definition) is 1. The zero-order chi connectivity index (χ0) is 16.6. The van der Waals surface area contributed by atoms with Gasteiger partial charge in [0.1, 0.15) is 5.75 Å². The number of para-hydroxylation sites is 1. The van der Waals surface area contributed by atoms with E-state index in [1.54, 1.807) is 0 Å². The molecule has 0 atom stereocenters. The quantitative estimate of drug-likeness (QED) is 0.654. The number of benzene rings is 3. The number of amides is 1. The van der Waals surface area contributed by atoms with E-state index in [2.05, 4.69) is 5.32 Å². The van der Waals surface area contributed by atoms with Gasteiger partial charge in [-0.15, -0.1) is 0 Å². The average molecular weight is 319 g/mol. The lowest BCUT2D eigenvalue weighted by molar-refractivity contribution is 0.0954. The standard InChI is InChI=1S/C21H21NO2/c23-21(20-14-8-10-17-9-4-5-13-19(17)20)22-15-6-7-16-24-18-11-2-1-3-12-18/h1-5,8-14H,6-7,15-16H2,(H,22,23). The highest BCUT2D eigenvalue weighted by molar-refractivity contribution is 6.06. The van der Waals surface area contributed by atoms with Crippen molar-refractivity contribution in [3.8, 4) is 5.75 Å². The molecule has 0 saturated carbocycles. The predicted octanol–water partition coefficient (Wildman–Crippen LogP) is 4.43. The third kappa shape index (κ3) is 4.13. The Kier molecular flexibility index (Phi) is 5.46. The molecule has 3 nitrogen and oxygen atoms in total. The summed E-state index contributed by atoms with van der Waals surface area (Å²) >= 11 is 0. The minimum absolute atomic E-state index is 0.0178. The van der Waals surface area contributed by atoms with E-state index in [0.717, 1.165) is 34.9 Å². The molecule has 0 radical (unpaired) electrons. The molecule has 1 amide bonds. The minimum atomic E-state index is -0.0178. The van der Waals surface area contributed by atoms with Gasteiger partial charge in [-0.2, -0.15) is 0 Å². The summed E-state index contributed by atoms with van der Waals surface area (Å²) in [6.07, 6.45) is 1.80. The normalized spacial score (nSPS) is 10.5. The average Bonchev–Trinajstić information content (AvgIpc) is 2.64. The molecular weight excluding hydrogens is 298 g/mol. The Morgan fingerprint density at radius 3 is 2.46 bits per heavy atom. The topological polar surface area (TPSA) is 38.3 Å². The van der Waals surface area contributed by atoms with Crippen LogP contribution in [0.4, 0.5) is 0 Å². The van der Waals surface area contributed by atoms with E-state index < -0.39 is 0 Å². The van der Waals surface area contributed by atoms with Crippen molar-refractivity contribution in [3.05, 3.63) is 78.4 Å². The molecule has 3 heteroatoms. The fraction of sp³-hybridized carbons (Fsp3) is 0.190. The van der Waals surface area contributed by atoms with Crippen molar-refractivity contribution in [1.82, 2.24) is 5.32 Å². The Morgan fingerprint density at radius 1 is 0.833 bits per heavy atom. The lowest BCUT2D eigenvalue weighted by Crippen LogP contribution is -2.24. The summed E-state index contributed by atoms with van der Waals surface area (Å²) in [6, 6.07) is 23.5. The number of fused-ring (bicyclic) bond motifs is 1. The molecule has 0 spiro atoms. The molecule has 122 valence electrons. The molecule has 0 aromatic heterocycles. The molecule has 0 heterocycles. The van der Waals surface area contributed by atoms with Crippen molar-refractivity contribution in [3.63, 3.8) is 0 Å². The molecule has 0 unspecified atom stereocenters. The first-order valence-corrected chi connectivity index (χ1v) is 8.28. The zero-order valence-electron chi connectivity index (χ0n) is 13.6. The third-order valence-electron chi connectivity index (χ3n) is 3.90. The largest absolute Gasteiger partial charge is 0.494 e. The van der Waals surface area contributed by atoms with E-state index >= 15 is 0 Å². The van der Waals surface area contributed by atoms with Gasteiger partial charge in [0.05, 0.1) is 6.61 Å². The zero-order valence-corrected chi connectivity index (χ0v) is 13.6. The van der Waals surface area contributed by atoms with Crippen LogP contribution in [0.1, 0.15) is 23.2 Å². The number of hydrogen-bond acceptors (Lipinski definition) is 2. The maximum atomic E-state index is 12.4. The van der Waals surface area contributed by atoms with Gasteiger partial charge in [0, 0.05) is 12.1 Å². The molecule has 0 fully saturated rings. The van der Waals surface area contributed by atoms with Crippen LogP contribution in [0, 0.1) is 0 Å². The highest BCUT2D eigenvalue weighted by Gasteiger charge is 2.08. The van der Waals surface area contributed by atoms with Crippen LogP contribution < -0.4 is 10.1 Å². The van der Waals surface area contributed by atoms with E-state index in [4.69, 9.17) is 4.74 Å². The Bertz CT molecular complexity index is 794. The predicted molar refractivity (Wildman–Crippen MR) is 97.5 cm³/mol. The monoisotopic (exact) mass is 319 g/mol. The Balaban J connectivity index is 1.44. The minimum Gasteiger partial charge on any atom is -0.494 e. The fourth-order valence-corrected chi connectivity index (χ4v) is 2.65. The van der Waals surface area contributed by atoms with Crippen molar-refractivity contribution >= 4 is 16.7 Å². The second-order valence-corrected chi connectivity index (χ2v) is 5.65. The van der Waals surface area contributed by atoms with Crippen molar-refractivity contribution in [2.45, 2.75) is 12.8 Å². The molecule has 24 heavy (non-hydrogen) atoms. The lowest BCUT2D eigenvalue weighted by atomic mass is 10.0. The van der Waals surface area contributed by atoms with Crippen molar-refractivity contribution in [1.29, 1.82) is 0 Å². The lowest BCUT2D eigenvalue weighted by Gasteiger charge is -2.09. The molecule has 0 aliphatic carbocycles. The van der Waals surface area contributed by atoms with Gasteiger partial charge in [-0.25, -0.2) is 0 Å². The summed E-state index contributed by atoms with van der Waals surface area (Å²) in [4.78, 5) is 12.4. The van der Waals surface area contributed by atoms with Crippen LogP contribution in [-0.4, -0.2) is 19.1 Å². The molecule has 3 aromatic rings. The first-order valence-electron chi connectivity index (χ1n) is 8.28. The Labute approximate surface area is 142 Å². The summed E-state index contributed by atoms with van der Waals surface area (Å²) in [7, 11) is 0. The fourth-order valence-electron chi connectivity index (χ4n) is 2.65. The maximum absolute atomic E-state index is 12.4. The molecule has 0 aliphatic rings. The van der Waals surface area contributed by atoms with E-state index in [1.807, 2.05) is 72.8 Å². The van der Waals surface area contributed by atoms with Crippen LogP contribution in [-0.2, 0) is 0 Å². The van der Waals surface area contributed by atoms with Gasteiger partial charge in [-0.3, -0.25) is 4.79 Å². The van der Waals surface area contributed by atoms with Gasteiger partial charge in [-0.1, -0.05) is 54.6 Å². The first-order chi connectivity index (χ1) is 11.8. The van der Waals surface area contributed by atoms with Crippen LogP contribution in [0.25, 0.3) is 10.8 Å². The summed E-state index contributed by atoms with van der Waals surface area (Å²) < 4.78 is 5.64. The van der Waals surface area contributed by atoms with Gasteiger partial charge >= 0.3 is 0 Å². The van der Waals surface area contributed by atoms with Gasteiger partial charge in [0.15, 0.2) is 0 Å². The molecule has 0 bridgehead atoms. The van der Waals surface area contributed by atoms with Gasteiger partial charge in [0.25, 0.3) is 5.91 Å². The van der Waals surface area contributed by atoms with Crippen LogP contribution >= 0.6 is 0 Å². The third-order valence-corrected chi connectivity index (χ3v) is 3.90. The molecule has 3 aromatic carbocycles. The number of carbonyl (C=O) groups excluding carboxylic acids is 1. The highest BCUT2D eigenvalue weighted by atomic mass is 16.5. The molecule has 0 saturated heterocycles. The summed E-state index contributed by atoms with van der Waals surface area (Å²) in [5.74, 6) is 0.869. The van der Waals surface area contributed by atoms with Crippen LogP contribution in [0.3, 0.4) is 0 Å². The summed E-state index contributed by atoms with van der Waals surface area (Å²) in [5.41, 5.74) is 0.730. The van der Waals surface area contributed by atoms with E-state index in [0.29, 0.717) is 13.2 Å². The summed E-state index contributed by atoms with van der Waals surface area (Å²) in [6.45, 7) is 1.31. The highest BCUT2D eigenvalue weighted by Crippen LogP contribution is 2.18. The van der Waals surface area contributed by atoms with Crippen molar-refractivity contribution < 1.29 is 9.53 Å². The number of nitrogens with one attached hydrogen (secondary N) is 1. The second-order valence-electron chi connectivity index (χ2n) is 5.65.